The molecule has 0 radical (unpaired) electrons. The molecule has 5 heteroatoms. The minimum absolute atomic E-state index is 0.0314. The molecule has 1 aromatic carbocycles. The van der Waals surface area contributed by atoms with Crippen LogP contribution in [0.1, 0.15) is 19.4 Å². The highest BCUT2D eigenvalue weighted by molar-refractivity contribution is 8.20. The minimum Gasteiger partial charge on any atom is -0.435 e. The third-order valence-corrected chi connectivity index (χ3v) is 11.4. The average molecular weight is 334 g/mol. The van der Waals surface area contributed by atoms with Crippen LogP contribution in [0.4, 0.5) is 0 Å². The van der Waals surface area contributed by atoms with Crippen LogP contribution in [0.3, 0.4) is 0 Å². The summed E-state index contributed by atoms with van der Waals surface area (Å²) >= 11 is 6.24. The number of ether oxygens (including phenoxy) is 2. The molecule has 0 spiro atoms. The Bertz CT molecular complexity index is 742. The number of esters is 1. The van der Waals surface area contributed by atoms with Gasteiger partial charge in [-0.2, -0.15) is 0 Å². The lowest BCUT2D eigenvalue weighted by Crippen LogP contribution is -2.35. The number of allylic oxidation sites excluding steroid dienone is 1. The fraction of sp³-hybridized carbons (Fsp3) is 0.471. The van der Waals surface area contributed by atoms with Gasteiger partial charge in [0, 0.05) is 12.5 Å². The molecule has 22 heavy (non-hydrogen) atoms. The first-order valence-corrected chi connectivity index (χ1v) is 10.6. The summed E-state index contributed by atoms with van der Waals surface area (Å²) in [4.78, 5) is 12.4. The van der Waals surface area contributed by atoms with Gasteiger partial charge in [-0.3, -0.25) is 4.79 Å². The van der Waals surface area contributed by atoms with Crippen LogP contribution in [0.2, 0.25) is 0 Å². The highest BCUT2D eigenvalue weighted by Crippen LogP contribution is 2.83. The lowest BCUT2D eigenvalue weighted by atomic mass is 9.72. The molecule has 3 aliphatic heterocycles. The van der Waals surface area contributed by atoms with E-state index in [2.05, 4.69) is 26.0 Å². The molecule has 3 nitrogen and oxygen atoms in total. The predicted molar refractivity (Wildman–Crippen MR) is 90.5 cm³/mol. The molecular formula is C17H19O3PS. The average Bonchev–Trinajstić information content (AvgIpc) is 3.03. The molecule has 0 N–H and O–H groups in total. The van der Waals surface area contributed by atoms with Gasteiger partial charge in [-0.25, -0.2) is 0 Å². The van der Waals surface area contributed by atoms with Gasteiger partial charge >= 0.3 is 5.97 Å². The lowest BCUT2D eigenvalue weighted by molar-refractivity contribution is -0.160. The van der Waals surface area contributed by atoms with Gasteiger partial charge in [-0.05, 0) is 30.0 Å². The van der Waals surface area contributed by atoms with Gasteiger partial charge in [-0.15, -0.1) is 0 Å². The van der Waals surface area contributed by atoms with Crippen LogP contribution in [0.15, 0.2) is 35.9 Å². The molecule has 3 heterocycles. The summed E-state index contributed by atoms with van der Waals surface area (Å²) in [6, 6.07) is 8.48. The van der Waals surface area contributed by atoms with E-state index in [9.17, 15) is 4.79 Å². The van der Waals surface area contributed by atoms with E-state index in [4.69, 9.17) is 21.3 Å². The predicted octanol–water partition coefficient (Wildman–Crippen LogP) is 3.44. The number of cyclic esters (lactones) is 1. The van der Waals surface area contributed by atoms with Crippen molar-refractivity contribution in [1.29, 1.82) is 0 Å². The van der Waals surface area contributed by atoms with Crippen molar-refractivity contribution in [2.45, 2.75) is 25.8 Å². The Hall–Kier alpha value is -0.960. The van der Waals surface area contributed by atoms with E-state index in [1.54, 1.807) is 7.11 Å². The van der Waals surface area contributed by atoms with E-state index in [0.29, 0.717) is 0 Å². The third-order valence-electron chi connectivity index (χ3n) is 5.71. The maximum Gasteiger partial charge on any atom is 0.313 e. The number of methoxy groups -OCH3 is 1. The lowest BCUT2D eigenvalue weighted by Gasteiger charge is -2.34. The summed E-state index contributed by atoms with van der Waals surface area (Å²) in [5.41, 5.74) is 2.36. The largest absolute Gasteiger partial charge is 0.435 e. The molecule has 2 saturated heterocycles. The maximum atomic E-state index is 12.4. The van der Waals surface area contributed by atoms with Crippen LogP contribution in [-0.4, -0.2) is 31.2 Å². The number of carbonyl (C=O) groups is 1. The third kappa shape index (κ3) is 1.56. The topological polar surface area (TPSA) is 35.5 Å². The van der Waals surface area contributed by atoms with Gasteiger partial charge in [-0.1, -0.05) is 54.6 Å². The molecule has 4 rings (SSSR count). The summed E-state index contributed by atoms with van der Waals surface area (Å²) in [6.07, 6.45) is 0.451. The molecule has 0 saturated carbocycles. The maximum absolute atomic E-state index is 12.4. The van der Waals surface area contributed by atoms with Crippen molar-refractivity contribution in [1.82, 2.24) is 0 Å². The Balaban J connectivity index is 1.95. The smallest absolute Gasteiger partial charge is 0.313 e. The molecule has 2 fully saturated rings. The van der Waals surface area contributed by atoms with Crippen molar-refractivity contribution >= 4 is 29.1 Å². The summed E-state index contributed by atoms with van der Waals surface area (Å²) in [6.45, 7) is 4.34. The van der Waals surface area contributed by atoms with Gasteiger partial charge in [0.05, 0.1) is 11.6 Å². The second-order valence-electron chi connectivity index (χ2n) is 6.72. The molecule has 3 aliphatic rings. The summed E-state index contributed by atoms with van der Waals surface area (Å²) in [7, 11) is 1.61. The van der Waals surface area contributed by atoms with E-state index in [1.807, 2.05) is 18.2 Å². The fourth-order valence-corrected chi connectivity index (χ4v) is 11.9. The molecule has 1 aromatic rings. The Kier molecular flexibility index (Phi) is 3.01. The second kappa shape index (κ2) is 4.53. The van der Waals surface area contributed by atoms with Crippen LogP contribution >= 0.6 is 6.04 Å². The first kappa shape index (κ1) is 14.6. The van der Waals surface area contributed by atoms with Crippen LogP contribution < -0.4 is 0 Å². The number of rotatable bonds is 2. The number of benzene rings is 1. The van der Waals surface area contributed by atoms with Crippen molar-refractivity contribution in [2.24, 2.45) is 11.3 Å². The van der Waals surface area contributed by atoms with Crippen LogP contribution in [0, 0.1) is 11.3 Å². The van der Waals surface area contributed by atoms with E-state index >= 15 is 0 Å². The zero-order valence-electron chi connectivity index (χ0n) is 12.9. The Morgan fingerprint density at radius 3 is 2.68 bits per heavy atom. The normalized spacial score (nSPS) is 42.7. The highest BCUT2D eigenvalue weighted by Gasteiger charge is 2.70. The standard InChI is InChI=1S/C17H19O3PS/c1-10-13(11-7-5-4-6-8-11)21(22)9-17(10,2)12-14(21)16(19-3)20-15(12)18/h4-8,12,14,16H,9H2,1-3H3/t12?,14?,16-,17?,21?/m1/s1. The van der Waals surface area contributed by atoms with Gasteiger partial charge in [0.25, 0.3) is 0 Å². The number of fused-ring (bicyclic) bond motifs is 5. The quantitative estimate of drug-likeness (QED) is 0.613. The van der Waals surface area contributed by atoms with E-state index in [0.717, 1.165) is 6.16 Å². The Morgan fingerprint density at radius 2 is 2.05 bits per heavy atom. The van der Waals surface area contributed by atoms with Gasteiger partial charge in [0.1, 0.15) is 0 Å². The Morgan fingerprint density at radius 1 is 1.36 bits per heavy atom. The molecular weight excluding hydrogens is 315 g/mol. The van der Waals surface area contributed by atoms with Gasteiger partial charge in [0.15, 0.2) is 0 Å². The van der Waals surface area contributed by atoms with Crippen LogP contribution in [-0.2, 0) is 26.1 Å². The molecule has 4 unspecified atom stereocenters. The van der Waals surface area contributed by atoms with E-state index in [1.165, 1.54) is 16.5 Å². The van der Waals surface area contributed by atoms with Crippen LogP contribution in [0.25, 0.3) is 5.31 Å². The number of carbonyl (C=O) groups excluding carboxylic acids is 1. The molecule has 0 aromatic heterocycles. The summed E-state index contributed by atoms with van der Waals surface area (Å²) in [5.74, 6) is -0.256. The molecule has 5 atom stereocenters. The molecule has 0 amide bonds. The molecule has 116 valence electrons. The highest BCUT2D eigenvalue weighted by atomic mass is 32.4. The monoisotopic (exact) mass is 334 g/mol. The van der Waals surface area contributed by atoms with Crippen molar-refractivity contribution < 1.29 is 14.3 Å². The Labute approximate surface area is 135 Å². The molecule has 2 bridgehead atoms. The first-order valence-electron chi connectivity index (χ1n) is 7.53. The van der Waals surface area contributed by atoms with Crippen molar-refractivity contribution in [2.75, 3.05) is 13.3 Å². The fourth-order valence-electron chi connectivity index (χ4n) is 4.67. The van der Waals surface area contributed by atoms with Gasteiger partial charge < -0.3 is 9.47 Å². The van der Waals surface area contributed by atoms with Crippen molar-refractivity contribution in [3.8, 4) is 0 Å². The zero-order valence-corrected chi connectivity index (χ0v) is 14.6. The number of hydrogen-bond acceptors (Lipinski definition) is 4. The van der Waals surface area contributed by atoms with Crippen molar-refractivity contribution in [3.05, 3.63) is 41.5 Å². The first-order chi connectivity index (χ1) is 10.4. The molecule has 0 aliphatic carbocycles. The summed E-state index contributed by atoms with van der Waals surface area (Å²) < 4.78 is 11.0. The van der Waals surface area contributed by atoms with Gasteiger partial charge in [0.2, 0.25) is 6.29 Å². The van der Waals surface area contributed by atoms with E-state index in [-0.39, 0.29) is 23.0 Å². The van der Waals surface area contributed by atoms with Crippen LogP contribution in [0.5, 0.6) is 0 Å². The minimum atomic E-state index is -1.90. The van der Waals surface area contributed by atoms with Crippen molar-refractivity contribution in [3.63, 3.8) is 0 Å². The number of hydrogen-bond donors (Lipinski definition) is 0. The zero-order chi connectivity index (χ0) is 15.7. The SMILES string of the molecule is CO[C@@H]1OC(=O)C2C1P1(=S)CC2(C)C(C)=C1c1ccccc1. The van der Waals surface area contributed by atoms with E-state index < -0.39 is 12.3 Å². The summed E-state index contributed by atoms with van der Waals surface area (Å²) in [5, 5.41) is 1.31. The second-order valence-corrected chi connectivity index (χ2v) is 11.6.